The molecule has 3 rings (SSSR count). The molecule has 8 nitrogen and oxygen atoms in total. The number of aromatic nitrogens is 4. The molecule has 1 atom stereocenters. The normalized spacial score (nSPS) is 12.7. The third-order valence-corrected chi connectivity index (χ3v) is 4.18. The fourth-order valence-corrected chi connectivity index (χ4v) is 2.71. The van der Waals surface area contributed by atoms with Gasteiger partial charge in [-0.3, -0.25) is 0 Å². The molecule has 126 valence electrons. The average molecular weight is 329 g/mol. The Kier molecular flexibility index (Phi) is 4.06. The summed E-state index contributed by atoms with van der Waals surface area (Å²) in [6, 6.07) is 5.47. The zero-order valence-electron chi connectivity index (χ0n) is 13.8. The molecular weight excluding hydrogens is 310 g/mol. The van der Waals surface area contributed by atoms with Crippen molar-refractivity contribution >= 4 is 16.9 Å². The van der Waals surface area contributed by atoms with Crippen molar-refractivity contribution in [1.82, 2.24) is 19.3 Å². The smallest absolute Gasteiger partial charge is 0.389 e. The molecule has 0 bridgehead atoms. The molecule has 0 saturated heterocycles. The van der Waals surface area contributed by atoms with Crippen molar-refractivity contribution in [2.24, 2.45) is 0 Å². The molecule has 0 spiro atoms. The summed E-state index contributed by atoms with van der Waals surface area (Å²) in [6.45, 7) is 6.33. The van der Waals surface area contributed by atoms with E-state index in [0.717, 1.165) is 16.6 Å². The van der Waals surface area contributed by atoms with E-state index in [9.17, 15) is 15.2 Å². The minimum atomic E-state index is -0.734. The number of fused-ring (bicyclic) bond motifs is 1. The zero-order chi connectivity index (χ0) is 17.4. The van der Waals surface area contributed by atoms with Crippen molar-refractivity contribution in [2.75, 3.05) is 0 Å². The van der Waals surface area contributed by atoms with E-state index in [2.05, 4.69) is 10.1 Å². The number of hydrogen-bond acceptors (Lipinski definition) is 5. The number of hydrogen-bond donors (Lipinski definition) is 1. The first kappa shape index (κ1) is 16.1. The fraction of sp³-hybridized carbons (Fsp3) is 0.375. The maximum absolute atomic E-state index is 10.8. The van der Waals surface area contributed by atoms with Crippen molar-refractivity contribution in [3.8, 4) is 0 Å². The maximum Gasteiger partial charge on any atom is 0.390 e. The Balaban J connectivity index is 1.79. The molecular formula is C16H19N5O3. The van der Waals surface area contributed by atoms with Gasteiger partial charge in [-0.2, -0.15) is 4.68 Å². The number of nitro groups is 1. The first-order valence-corrected chi connectivity index (χ1v) is 7.64. The van der Waals surface area contributed by atoms with Crippen LogP contribution in [0.4, 0.5) is 5.82 Å². The van der Waals surface area contributed by atoms with Crippen molar-refractivity contribution in [1.29, 1.82) is 0 Å². The molecule has 0 aliphatic rings. The Morgan fingerprint density at radius 1 is 1.21 bits per heavy atom. The van der Waals surface area contributed by atoms with Crippen molar-refractivity contribution in [3.63, 3.8) is 0 Å². The van der Waals surface area contributed by atoms with Gasteiger partial charge < -0.3 is 19.8 Å². The highest BCUT2D eigenvalue weighted by Crippen LogP contribution is 2.19. The van der Waals surface area contributed by atoms with Gasteiger partial charge in [0, 0.05) is 0 Å². The van der Waals surface area contributed by atoms with E-state index in [1.165, 1.54) is 16.3 Å². The van der Waals surface area contributed by atoms with E-state index in [1.807, 2.05) is 30.5 Å². The molecule has 1 N–H and O–H groups in total. The van der Waals surface area contributed by atoms with Crippen LogP contribution >= 0.6 is 0 Å². The number of imidazole rings is 1. The summed E-state index contributed by atoms with van der Waals surface area (Å²) in [4.78, 5) is 14.6. The second-order valence-electron chi connectivity index (χ2n) is 6.06. The van der Waals surface area contributed by atoms with Crippen LogP contribution in [0.15, 0.2) is 24.5 Å². The number of rotatable bonds is 5. The van der Waals surface area contributed by atoms with Crippen LogP contribution in [0.1, 0.15) is 16.8 Å². The molecule has 0 aliphatic heterocycles. The number of nitrogens with zero attached hydrogens (tertiary/aromatic N) is 5. The molecule has 2 aromatic heterocycles. The van der Waals surface area contributed by atoms with Crippen molar-refractivity contribution in [3.05, 3.63) is 51.5 Å². The molecule has 0 unspecified atom stereocenters. The van der Waals surface area contributed by atoms with Crippen LogP contribution in [0.2, 0.25) is 0 Å². The molecule has 3 aromatic rings. The van der Waals surface area contributed by atoms with Gasteiger partial charge in [-0.1, -0.05) is 0 Å². The lowest BCUT2D eigenvalue weighted by Gasteiger charge is -2.12. The van der Waals surface area contributed by atoms with Crippen LogP contribution in [0.5, 0.6) is 0 Å². The predicted molar refractivity (Wildman–Crippen MR) is 88.8 cm³/mol. The standard InChI is InChI=1S/C16H19N5O3/c1-10-4-14-15(5-11(10)2)19(9-17-14)7-13(22)8-20-12(3)6-16(18-20)21(23)24/h4-6,9,13,22H,7-8H2,1-3H3/t13-/m0/s1. The number of aliphatic hydroxyl groups is 1. The third kappa shape index (κ3) is 3.00. The van der Waals surface area contributed by atoms with Gasteiger partial charge in [0.1, 0.15) is 0 Å². The summed E-state index contributed by atoms with van der Waals surface area (Å²) >= 11 is 0. The number of aliphatic hydroxyl groups excluding tert-OH is 1. The number of benzene rings is 1. The van der Waals surface area contributed by atoms with Crippen molar-refractivity contribution < 1.29 is 10.0 Å². The monoisotopic (exact) mass is 329 g/mol. The lowest BCUT2D eigenvalue weighted by Crippen LogP contribution is -2.23. The summed E-state index contributed by atoms with van der Waals surface area (Å²) in [6.07, 6.45) is 0.966. The molecule has 24 heavy (non-hydrogen) atoms. The predicted octanol–water partition coefficient (Wildman–Crippen LogP) is 2.13. The second kappa shape index (κ2) is 6.04. The van der Waals surface area contributed by atoms with Crippen LogP contribution in [0.3, 0.4) is 0 Å². The lowest BCUT2D eigenvalue weighted by atomic mass is 10.1. The van der Waals surface area contributed by atoms with E-state index in [4.69, 9.17) is 0 Å². The van der Waals surface area contributed by atoms with Gasteiger partial charge in [0.25, 0.3) is 0 Å². The fourth-order valence-electron chi connectivity index (χ4n) is 2.71. The van der Waals surface area contributed by atoms with Gasteiger partial charge in [-0.15, -0.1) is 0 Å². The van der Waals surface area contributed by atoms with Gasteiger partial charge >= 0.3 is 5.82 Å². The van der Waals surface area contributed by atoms with Gasteiger partial charge in [-0.25, -0.2) is 4.98 Å². The second-order valence-corrected chi connectivity index (χ2v) is 6.06. The molecule has 0 radical (unpaired) electrons. The zero-order valence-corrected chi connectivity index (χ0v) is 13.8. The highest BCUT2D eigenvalue weighted by Gasteiger charge is 2.18. The average Bonchev–Trinajstić information content (AvgIpc) is 3.05. The largest absolute Gasteiger partial charge is 0.390 e. The van der Waals surface area contributed by atoms with E-state index in [-0.39, 0.29) is 12.4 Å². The Hall–Kier alpha value is -2.74. The van der Waals surface area contributed by atoms with E-state index >= 15 is 0 Å². The van der Waals surface area contributed by atoms with Gasteiger partial charge in [0.2, 0.25) is 0 Å². The van der Waals surface area contributed by atoms with E-state index in [0.29, 0.717) is 12.2 Å². The topological polar surface area (TPSA) is 99.0 Å². The van der Waals surface area contributed by atoms with Crippen LogP contribution in [0.25, 0.3) is 11.0 Å². The van der Waals surface area contributed by atoms with Gasteiger partial charge in [0.15, 0.2) is 0 Å². The summed E-state index contributed by atoms with van der Waals surface area (Å²) in [5.41, 5.74) is 4.82. The summed E-state index contributed by atoms with van der Waals surface area (Å²) in [5.74, 6) is -0.209. The summed E-state index contributed by atoms with van der Waals surface area (Å²) in [5, 5.41) is 25.0. The highest BCUT2D eigenvalue weighted by molar-refractivity contribution is 5.77. The highest BCUT2D eigenvalue weighted by atomic mass is 16.6. The Morgan fingerprint density at radius 3 is 2.58 bits per heavy atom. The quantitative estimate of drug-likeness (QED) is 0.571. The minimum Gasteiger partial charge on any atom is -0.389 e. The first-order valence-electron chi connectivity index (χ1n) is 7.64. The molecule has 8 heteroatoms. The van der Waals surface area contributed by atoms with Crippen LogP contribution < -0.4 is 0 Å². The van der Waals surface area contributed by atoms with E-state index < -0.39 is 11.0 Å². The van der Waals surface area contributed by atoms with Gasteiger partial charge in [-0.05, 0) is 49.0 Å². The van der Waals surface area contributed by atoms with Gasteiger partial charge in [0.05, 0.1) is 53.4 Å². The Bertz CT molecular complexity index is 912. The Labute approximate surface area is 138 Å². The molecule has 0 saturated carbocycles. The summed E-state index contributed by atoms with van der Waals surface area (Å²) < 4.78 is 3.34. The summed E-state index contributed by atoms with van der Waals surface area (Å²) in [7, 11) is 0. The SMILES string of the molecule is Cc1cc2ncn(C[C@H](O)Cn3nc([N+](=O)[O-])cc3C)c2cc1C. The van der Waals surface area contributed by atoms with Crippen LogP contribution in [-0.4, -0.2) is 35.5 Å². The van der Waals surface area contributed by atoms with Crippen molar-refractivity contribution in [2.45, 2.75) is 40.0 Å². The lowest BCUT2D eigenvalue weighted by molar-refractivity contribution is -0.389. The van der Waals surface area contributed by atoms with Crippen LogP contribution in [-0.2, 0) is 13.1 Å². The molecule has 1 aromatic carbocycles. The third-order valence-electron chi connectivity index (χ3n) is 4.18. The Morgan fingerprint density at radius 2 is 1.92 bits per heavy atom. The van der Waals surface area contributed by atoms with Crippen LogP contribution in [0, 0.1) is 30.9 Å². The minimum absolute atomic E-state index is 0.185. The molecule has 0 aliphatic carbocycles. The van der Waals surface area contributed by atoms with E-state index in [1.54, 1.807) is 13.3 Å². The molecule has 0 fully saturated rings. The maximum atomic E-state index is 10.8. The molecule has 0 amide bonds. The first-order chi connectivity index (χ1) is 11.3. The number of aryl methyl sites for hydroxylation is 3. The molecule has 2 heterocycles.